The highest BCUT2D eigenvalue weighted by Crippen LogP contribution is 2.24. The van der Waals surface area contributed by atoms with Crippen LogP contribution in [0.5, 0.6) is 5.75 Å². The van der Waals surface area contributed by atoms with E-state index in [0.29, 0.717) is 5.11 Å². The third kappa shape index (κ3) is 3.48. The van der Waals surface area contributed by atoms with Gasteiger partial charge < -0.3 is 15.0 Å². The number of hydrogen-bond acceptors (Lipinski definition) is 3. The first-order chi connectivity index (χ1) is 9.61. The molecule has 0 aromatic heterocycles. The summed E-state index contributed by atoms with van der Waals surface area (Å²) in [5, 5.41) is 3.91. The minimum absolute atomic E-state index is 0.195. The van der Waals surface area contributed by atoms with E-state index in [2.05, 4.69) is 10.2 Å². The largest absolute Gasteiger partial charge is 0.495 e. The highest BCUT2D eigenvalue weighted by molar-refractivity contribution is 7.80. The van der Waals surface area contributed by atoms with E-state index < -0.39 is 0 Å². The van der Waals surface area contributed by atoms with Gasteiger partial charge in [-0.2, -0.15) is 0 Å². The fraction of sp³-hybridized carbons (Fsp3) is 0.467. The van der Waals surface area contributed by atoms with Crippen LogP contribution in [0.2, 0.25) is 0 Å². The number of para-hydroxylation sites is 2. The van der Waals surface area contributed by atoms with Gasteiger partial charge in [-0.3, -0.25) is 4.79 Å². The molecule has 1 aliphatic rings. The highest BCUT2D eigenvalue weighted by Gasteiger charge is 2.23. The lowest BCUT2D eigenvalue weighted by Gasteiger charge is -2.33. The number of carbonyl (C=O) groups is 1. The third-order valence-electron chi connectivity index (χ3n) is 3.71. The average Bonchev–Trinajstić information content (AvgIpc) is 2.48. The maximum atomic E-state index is 11.4. The van der Waals surface area contributed by atoms with Crippen molar-refractivity contribution in [2.24, 2.45) is 5.92 Å². The molecule has 1 aromatic rings. The van der Waals surface area contributed by atoms with Crippen LogP contribution >= 0.6 is 12.2 Å². The summed E-state index contributed by atoms with van der Waals surface area (Å²) in [6, 6.07) is 7.70. The molecule has 20 heavy (non-hydrogen) atoms. The number of methoxy groups -OCH3 is 1. The molecule has 4 nitrogen and oxygen atoms in total. The van der Waals surface area contributed by atoms with Gasteiger partial charge in [0.05, 0.1) is 12.8 Å². The average molecular weight is 292 g/mol. The van der Waals surface area contributed by atoms with Crippen LogP contribution in [0.25, 0.3) is 0 Å². The zero-order valence-corrected chi connectivity index (χ0v) is 12.7. The molecule has 2 rings (SSSR count). The van der Waals surface area contributed by atoms with Crippen molar-refractivity contribution in [3.8, 4) is 5.75 Å². The van der Waals surface area contributed by atoms with Crippen molar-refractivity contribution in [2.75, 3.05) is 25.5 Å². The van der Waals surface area contributed by atoms with E-state index >= 15 is 0 Å². The molecule has 1 aromatic carbocycles. The number of thiocarbonyl (C=S) groups is 1. The molecule has 0 amide bonds. The summed E-state index contributed by atoms with van der Waals surface area (Å²) < 4.78 is 5.30. The standard InChI is InChI=1S/C15H20N2O2S/c1-11(18)12-7-9-17(10-8-12)15(20)16-13-5-3-4-6-14(13)19-2/h3-6,12H,7-10H2,1-2H3,(H,16,20). The number of anilines is 1. The second kappa shape index (κ2) is 6.70. The van der Waals surface area contributed by atoms with Crippen LogP contribution in [0, 0.1) is 5.92 Å². The van der Waals surface area contributed by atoms with E-state index in [1.165, 1.54) is 0 Å². The van der Waals surface area contributed by atoms with Crippen molar-refractivity contribution in [3.05, 3.63) is 24.3 Å². The van der Waals surface area contributed by atoms with Gasteiger partial charge in [0, 0.05) is 19.0 Å². The number of carbonyl (C=O) groups excluding carboxylic acids is 1. The van der Waals surface area contributed by atoms with Crippen molar-refractivity contribution < 1.29 is 9.53 Å². The zero-order chi connectivity index (χ0) is 14.5. The summed E-state index contributed by atoms with van der Waals surface area (Å²) >= 11 is 5.44. The van der Waals surface area contributed by atoms with E-state index in [-0.39, 0.29) is 11.7 Å². The van der Waals surface area contributed by atoms with E-state index in [1.807, 2.05) is 24.3 Å². The molecule has 0 unspecified atom stereocenters. The number of piperidine rings is 1. The zero-order valence-electron chi connectivity index (χ0n) is 11.9. The predicted octanol–water partition coefficient (Wildman–Crippen LogP) is 2.69. The number of likely N-dealkylation sites (tertiary alicyclic amines) is 1. The van der Waals surface area contributed by atoms with E-state index in [1.54, 1.807) is 14.0 Å². The second-order valence-electron chi connectivity index (χ2n) is 5.00. The Kier molecular flexibility index (Phi) is 4.95. The van der Waals surface area contributed by atoms with Gasteiger partial charge >= 0.3 is 0 Å². The Morgan fingerprint density at radius 3 is 2.60 bits per heavy atom. The van der Waals surface area contributed by atoms with Crippen LogP contribution in [0.3, 0.4) is 0 Å². The summed E-state index contributed by atoms with van der Waals surface area (Å²) in [6.07, 6.45) is 1.76. The molecule has 1 N–H and O–H groups in total. The summed E-state index contributed by atoms with van der Waals surface area (Å²) in [5.74, 6) is 1.25. The summed E-state index contributed by atoms with van der Waals surface area (Å²) in [5.41, 5.74) is 0.869. The van der Waals surface area contributed by atoms with Crippen molar-refractivity contribution in [2.45, 2.75) is 19.8 Å². The molecule has 0 bridgehead atoms. The predicted molar refractivity (Wildman–Crippen MR) is 84.2 cm³/mol. The summed E-state index contributed by atoms with van der Waals surface area (Å²) in [4.78, 5) is 13.5. The molecular formula is C15H20N2O2S. The van der Waals surface area contributed by atoms with E-state index in [4.69, 9.17) is 17.0 Å². The molecule has 1 saturated heterocycles. The monoisotopic (exact) mass is 292 g/mol. The first kappa shape index (κ1) is 14.8. The van der Waals surface area contributed by atoms with Crippen LogP contribution in [0.1, 0.15) is 19.8 Å². The number of ether oxygens (including phenoxy) is 1. The summed E-state index contributed by atoms with van der Waals surface area (Å²) in [7, 11) is 1.64. The molecule has 1 aliphatic heterocycles. The molecule has 0 radical (unpaired) electrons. The maximum Gasteiger partial charge on any atom is 0.173 e. The Balaban J connectivity index is 1.94. The number of Topliss-reactive ketones (excluding diaryl/α,β-unsaturated/α-hetero) is 1. The number of ketones is 1. The third-order valence-corrected chi connectivity index (χ3v) is 4.07. The first-order valence-electron chi connectivity index (χ1n) is 6.81. The molecule has 0 saturated carbocycles. The molecule has 0 spiro atoms. The Hall–Kier alpha value is -1.62. The van der Waals surface area contributed by atoms with Crippen molar-refractivity contribution in [3.63, 3.8) is 0 Å². The molecule has 1 fully saturated rings. The van der Waals surface area contributed by atoms with E-state index in [0.717, 1.165) is 37.4 Å². The van der Waals surface area contributed by atoms with Crippen LogP contribution in [0.15, 0.2) is 24.3 Å². The normalized spacial score (nSPS) is 15.8. The Labute approximate surface area is 125 Å². The maximum absolute atomic E-state index is 11.4. The molecular weight excluding hydrogens is 272 g/mol. The quantitative estimate of drug-likeness (QED) is 0.868. The SMILES string of the molecule is COc1ccccc1NC(=S)N1CCC(C(C)=O)CC1. The van der Waals surface area contributed by atoms with Gasteiger partial charge in [0.15, 0.2) is 5.11 Å². The number of nitrogens with zero attached hydrogens (tertiary/aromatic N) is 1. The van der Waals surface area contributed by atoms with Gasteiger partial charge in [-0.15, -0.1) is 0 Å². The minimum Gasteiger partial charge on any atom is -0.495 e. The Bertz CT molecular complexity index is 496. The van der Waals surface area contributed by atoms with Gasteiger partial charge in [0.25, 0.3) is 0 Å². The fourth-order valence-corrected chi connectivity index (χ4v) is 2.72. The Morgan fingerprint density at radius 1 is 1.35 bits per heavy atom. The molecule has 1 heterocycles. The van der Waals surface area contributed by atoms with Gasteiger partial charge in [0.2, 0.25) is 0 Å². The lowest BCUT2D eigenvalue weighted by atomic mass is 9.94. The van der Waals surface area contributed by atoms with Crippen molar-refractivity contribution in [1.82, 2.24) is 4.90 Å². The summed E-state index contributed by atoms with van der Waals surface area (Å²) in [6.45, 7) is 3.32. The first-order valence-corrected chi connectivity index (χ1v) is 7.22. The number of rotatable bonds is 3. The van der Waals surface area contributed by atoms with Crippen LogP contribution in [-0.4, -0.2) is 36.0 Å². The lowest BCUT2D eigenvalue weighted by molar-refractivity contribution is -0.121. The van der Waals surface area contributed by atoms with Crippen molar-refractivity contribution >= 4 is 28.8 Å². The van der Waals surface area contributed by atoms with Gasteiger partial charge in [-0.05, 0) is 44.1 Å². The number of nitrogens with one attached hydrogen (secondary N) is 1. The Morgan fingerprint density at radius 2 is 2.00 bits per heavy atom. The lowest BCUT2D eigenvalue weighted by Crippen LogP contribution is -2.42. The number of hydrogen-bond donors (Lipinski definition) is 1. The molecule has 0 aliphatic carbocycles. The molecule has 108 valence electrons. The number of benzene rings is 1. The topological polar surface area (TPSA) is 41.6 Å². The van der Waals surface area contributed by atoms with Crippen LogP contribution < -0.4 is 10.1 Å². The van der Waals surface area contributed by atoms with Crippen molar-refractivity contribution in [1.29, 1.82) is 0 Å². The fourth-order valence-electron chi connectivity index (χ4n) is 2.43. The van der Waals surface area contributed by atoms with Gasteiger partial charge in [0.1, 0.15) is 11.5 Å². The van der Waals surface area contributed by atoms with Crippen LogP contribution in [-0.2, 0) is 4.79 Å². The van der Waals surface area contributed by atoms with Gasteiger partial charge in [-0.25, -0.2) is 0 Å². The van der Waals surface area contributed by atoms with E-state index in [9.17, 15) is 4.79 Å². The molecule has 0 atom stereocenters. The smallest absolute Gasteiger partial charge is 0.173 e. The van der Waals surface area contributed by atoms with Crippen LogP contribution in [0.4, 0.5) is 5.69 Å². The van der Waals surface area contributed by atoms with Gasteiger partial charge in [-0.1, -0.05) is 12.1 Å². The molecule has 5 heteroatoms. The highest BCUT2D eigenvalue weighted by atomic mass is 32.1. The minimum atomic E-state index is 0.195. The second-order valence-corrected chi connectivity index (χ2v) is 5.39.